The Labute approximate surface area is 172 Å². The highest BCUT2D eigenvalue weighted by atomic mass is 14.9. The fourth-order valence-electron chi connectivity index (χ4n) is 4.62. The summed E-state index contributed by atoms with van der Waals surface area (Å²) < 4.78 is 0. The van der Waals surface area contributed by atoms with E-state index in [9.17, 15) is 0 Å². The zero-order chi connectivity index (χ0) is 19.6. The Hall–Kier alpha value is -1.70. The SMILES string of the molecule is CCCCCc1ccc(-c2ncc(CC[C@H]3CC[C@H](CCC)CC3)cn2)cc1. The number of nitrogens with zero attached hydrogens (tertiary/aromatic N) is 2. The summed E-state index contributed by atoms with van der Waals surface area (Å²) in [5.41, 5.74) is 3.83. The minimum atomic E-state index is 0.851. The van der Waals surface area contributed by atoms with Crippen LogP contribution in [0.4, 0.5) is 0 Å². The van der Waals surface area contributed by atoms with Crippen molar-refractivity contribution in [3.05, 3.63) is 47.8 Å². The van der Waals surface area contributed by atoms with Gasteiger partial charge in [-0.05, 0) is 48.6 Å². The molecule has 0 spiro atoms. The maximum Gasteiger partial charge on any atom is 0.159 e. The second-order valence-corrected chi connectivity index (χ2v) is 8.78. The van der Waals surface area contributed by atoms with Crippen LogP contribution in [0.15, 0.2) is 36.7 Å². The molecule has 1 aliphatic rings. The molecule has 0 unspecified atom stereocenters. The minimum Gasteiger partial charge on any atom is -0.236 e. The Kier molecular flexibility index (Phi) is 8.51. The van der Waals surface area contributed by atoms with Gasteiger partial charge in [0.05, 0.1) is 0 Å². The highest BCUT2D eigenvalue weighted by Gasteiger charge is 2.20. The van der Waals surface area contributed by atoms with Gasteiger partial charge in [-0.3, -0.25) is 0 Å². The number of aromatic nitrogens is 2. The number of aryl methyl sites for hydroxylation is 2. The van der Waals surface area contributed by atoms with Crippen LogP contribution in [0.1, 0.15) is 89.2 Å². The quantitative estimate of drug-likeness (QED) is 0.402. The van der Waals surface area contributed by atoms with Crippen LogP contribution in [-0.2, 0) is 12.8 Å². The van der Waals surface area contributed by atoms with Crippen molar-refractivity contribution in [2.75, 3.05) is 0 Å². The lowest BCUT2D eigenvalue weighted by molar-refractivity contribution is 0.252. The number of benzene rings is 1. The van der Waals surface area contributed by atoms with Crippen molar-refractivity contribution in [2.45, 2.75) is 90.9 Å². The maximum atomic E-state index is 4.64. The van der Waals surface area contributed by atoms with Gasteiger partial charge in [0.1, 0.15) is 0 Å². The average molecular weight is 379 g/mol. The highest BCUT2D eigenvalue weighted by molar-refractivity contribution is 5.55. The molecule has 0 atom stereocenters. The van der Waals surface area contributed by atoms with E-state index in [1.807, 2.05) is 12.4 Å². The zero-order valence-corrected chi connectivity index (χ0v) is 18.0. The molecule has 0 N–H and O–H groups in total. The average Bonchev–Trinajstić information content (AvgIpc) is 2.75. The molecular formula is C26H38N2. The molecule has 1 aromatic heterocycles. The molecule has 0 aliphatic heterocycles. The van der Waals surface area contributed by atoms with Crippen LogP contribution in [0.2, 0.25) is 0 Å². The zero-order valence-electron chi connectivity index (χ0n) is 18.0. The monoisotopic (exact) mass is 378 g/mol. The van der Waals surface area contributed by atoms with Gasteiger partial charge in [0.25, 0.3) is 0 Å². The first kappa shape index (κ1) is 21.0. The van der Waals surface area contributed by atoms with Gasteiger partial charge in [-0.1, -0.05) is 89.5 Å². The summed E-state index contributed by atoms with van der Waals surface area (Å²) in [6.45, 7) is 4.57. The molecule has 0 amide bonds. The number of unbranched alkanes of at least 4 members (excludes halogenated alkanes) is 2. The number of rotatable bonds is 10. The molecule has 1 fully saturated rings. The van der Waals surface area contributed by atoms with E-state index in [-0.39, 0.29) is 0 Å². The lowest BCUT2D eigenvalue weighted by Crippen LogP contribution is -2.15. The normalized spacial score (nSPS) is 19.6. The van der Waals surface area contributed by atoms with E-state index in [1.54, 1.807) is 0 Å². The summed E-state index contributed by atoms with van der Waals surface area (Å²) in [6, 6.07) is 8.81. The molecule has 1 heterocycles. The van der Waals surface area contributed by atoms with Crippen LogP contribution in [0.25, 0.3) is 11.4 Å². The van der Waals surface area contributed by atoms with E-state index in [0.717, 1.165) is 29.6 Å². The second-order valence-electron chi connectivity index (χ2n) is 8.78. The minimum absolute atomic E-state index is 0.851. The van der Waals surface area contributed by atoms with Crippen LogP contribution >= 0.6 is 0 Å². The standard InChI is InChI=1S/C26H38N2/c1-3-5-6-8-22-15-17-25(18-16-22)26-27-19-24(20-28-26)14-13-23-11-9-21(7-4-2)10-12-23/h15-21,23H,3-14H2,1-2H3/t21-,23-. The molecule has 0 saturated heterocycles. The molecule has 3 rings (SSSR count). The predicted octanol–water partition coefficient (Wildman–Crippen LogP) is 7.42. The van der Waals surface area contributed by atoms with Gasteiger partial charge >= 0.3 is 0 Å². The van der Waals surface area contributed by atoms with Gasteiger partial charge in [-0.25, -0.2) is 9.97 Å². The molecule has 0 radical (unpaired) electrons. The third kappa shape index (κ3) is 6.43. The first-order chi connectivity index (χ1) is 13.8. The first-order valence-corrected chi connectivity index (χ1v) is 11.7. The maximum absolute atomic E-state index is 4.64. The van der Waals surface area contributed by atoms with E-state index in [4.69, 9.17) is 0 Å². The summed E-state index contributed by atoms with van der Waals surface area (Å²) in [6.07, 6.45) is 20.1. The fourth-order valence-corrected chi connectivity index (χ4v) is 4.62. The molecule has 2 nitrogen and oxygen atoms in total. The van der Waals surface area contributed by atoms with E-state index in [1.165, 1.54) is 81.8 Å². The van der Waals surface area contributed by atoms with Gasteiger partial charge in [-0.2, -0.15) is 0 Å². The van der Waals surface area contributed by atoms with Crippen LogP contribution in [0.5, 0.6) is 0 Å². The van der Waals surface area contributed by atoms with Crippen molar-refractivity contribution in [1.29, 1.82) is 0 Å². The van der Waals surface area contributed by atoms with Crippen LogP contribution in [0.3, 0.4) is 0 Å². The van der Waals surface area contributed by atoms with Gasteiger partial charge < -0.3 is 0 Å². The van der Waals surface area contributed by atoms with Crippen molar-refractivity contribution in [1.82, 2.24) is 9.97 Å². The Morgan fingerprint density at radius 3 is 1.96 bits per heavy atom. The molecule has 2 heteroatoms. The van der Waals surface area contributed by atoms with E-state index in [0.29, 0.717) is 0 Å². The van der Waals surface area contributed by atoms with Crippen molar-refractivity contribution >= 4 is 0 Å². The smallest absolute Gasteiger partial charge is 0.159 e. The molecule has 1 aliphatic carbocycles. The molecule has 28 heavy (non-hydrogen) atoms. The van der Waals surface area contributed by atoms with Crippen molar-refractivity contribution < 1.29 is 0 Å². The molecule has 152 valence electrons. The first-order valence-electron chi connectivity index (χ1n) is 11.7. The Balaban J connectivity index is 1.46. The Morgan fingerprint density at radius 2 is 1.36 bits per heavy atom. The van der Waals surface area contributed by atoms with E-state index < -0.39 is 0 Å². The largest absolute Gasteiger partial charge is 0.236 e. The van der Waals surface area contributed by atoms with Gasteiger partial charge in [0, 0.05) is 18.0 Å². The molecule has 0 bridgehead atoms. The van der Waals surface area contributed by atoms with Gasteiger partial charge in [-0.15, -0.1) is 0 Å². The van der Waals surface area contributed by atoms with E-state index in [2.05, 4.69) is 48.1 Å². The molecular weight excluding hydrogens is 340 g/mol. The molecule has 1 saturated carbocycles. The van der Waals surface area contributed by atoms with Crippen molar-refractivity contribution in [3.63, 3.8) is 0 Å². The van der Waals surface area contributed by atoms with Crippen LogP contribution in [-0.4, -0.2) is 9.97 Å². The van der Waals surface area contributed by atoms with Crippen LogP contribution < -0.4 is 0 Å². The number of hydrogen-bond acceptors (Lipinski definition) is 2. The third-order valence-electron chi connectivity index (χ3n) is 6.49. The van der Waals surface area contributed by atoms with Crippen molar-refractivity contribution in [2.24, 2.45) is 11.8 Å². The molecule has 1 aromatic carbocycles. The number of hydrogen-bond donors (Lipinski definition) is 0. The summed E-state index contributed by atoms with van der Waals surface area (Å²) in [5.74, 6) is 2.76. The second kappa shape index (κ2) is 11.3. The van der Waals surface area contributed by atoms with Gasteiger partial charge in [0.15, 0.2) is 5.82 Å². The predicted molar refractivity (Wildman–Crippen MR) is 119 cm³/mol. The summed E-state index contributed by atoms with van der Waals surface area (Å²) in [5, 5.41) is 0. The van der Waals surface area contributed by atoms with Crippen LogP contribution in [0, 0.1) is 11.8 Å². The fraction of sp³-hybridized carbons (Fsp3) is 0.615. The topological polar surface area (TPSA) is 25.8 Å². The van der Waals surface area contributed by atoms with Crippen molar-refractivity contribution in [3.8, 4) is 11.4 Å². The summed E-state index contributed by atoms with van der Waals surface area (Å²) in [4.78, 5) is 9.29. The Bertz CT molecular complexity index is 667. The third-order valence-corrected chi connectivity index (χ3v) is 6.49. The summed E-state index contributed by atoms with van der Waals surface area (Å²) >= 11 is 0. The van der Waals surface area contributed by atoms with E-state index >= 15 is 0 Å². The lowest BCUT2D eigenvalue weighted by atomic mass is 9.78. The van der Waals surface area contributed by atoms with Gasteiger partial charge in [0.2, 0.25) is 0 Å². The molecule has 2 aromatic rings. The highest BCUT2D eigenvalue weighted by Crippen LogP contribution is 2.33. The summed E-state index contributed by atoms with van der Waals surface area (Å²) in [7, 11) is 0. The Morgan fingerprint density at radius 1 is 0.714 bits per heavy atom. The lowest BCUT2D eigenvalue weighted by Gasteiger charge is -2.28.